The van der Waals surface area contributed by atoms with Crippen molar-refractivity contribution in [3.63, 3.8) is 0 Å². The van der Waals surface area contributed by atoms with Gasteiger partial charge in [0, 0.05) is 17.4 Å². The molecule has 0 unspecified atom stereocenters. The van der Waals surface area contributed by atoms with E-state index in [0.717, 1.165) is 11.3 Å². The number of rotatable bonds is 6. The molecule has 0 spiro atoms. The van der Waals surface area contributed by atoms with E-state index in [-0.39, 0.29) is 25.2 Å². The van der Waals surface area contributed by atoms with Crippen LogP contribution in [0.5, 0.6) is 11.5 Å². The zero-order chi connectivity index (χ0) is 19.4. The number of nitrogens with one attached hydrogen (secondary N) is 2. The molecule has 1 aliphatic rings. The van der Waals surface area contributed by atoms with Gasteiger partial charge in [0.05, 0.1) is 12.6 Å². The fourth-order valence-corrected chi connectivity index (χ4v) is 2.62. The van der Waals surface area contributed by atoms with Crippen LogP contribution in [0.3, 0.4) is 0 Å². The molecule has 7 nitrogen and oxygen atoms in total. The Bertz CT molecular complexity index is 836. The van der Waals surface area contributed by atoms with Gasteiger partial charge in [0.1, 0.15) is 0 Å². The molecule has 2 aromatic rings. The third-order valence-electron chi connectivity index (χ3n) is 4.41. The molecule has 142 valence electrons. The molecule has 1 atom stereocenters. The van der Waals surface area contributed by atoms with E-state index in [9.17, 15) is 9.59 Å². The zero-order valence-electron chi connectivity index (χ0n) is 15.6. The molecule has 0 radical (unpaired) electrons. The number of anilines is 2. The van der Waals surface area contributed by atoms with Gasteiger partial charge in [-0.2, -0.15) is 0 Å². The fourth-order valence-electron chi connectivity index (χ4n) is 2.62. The van der Waals surface area contributed by atoms with Crippen LogP contribution in [-0.4, -0.2) is 43.1 Å². The Labute approximate surface area is 158 Å². The Morgan fingerprint density at radius 2 is 1.70 bits per heavy atom. The second-order valence-electron chi connectivity index (χ2n) is 6.56. The monoisotopic (exact) mass is 369 g/mol. The number of hydrogen-bond acceptors (Lipinski definition) is 5. The summed E-state index contributed by atoms with van der Waals surface area (Å²) < 4.78 is 10.6. The maximum Gasteiger partial charge on any atom is 0.241 e. The van der Waals surface area contributed by atoms with Crippen molar-refractivity contribution in [3.8, 4) is 11.5 Å². The highest BCUT2D eigenvalue weighted by molar-refractivity contribution is 5.96. The summed E-state index contributed by atoms with van der Waals surface area (Å²) in [7, 11) is 1.73. The quantitative estimate of drug-likeness (QED) is 0.818. The average molecular weight is 369 g/mol. The molecule has 0 bridgehead atoms. The summed E-state index contributed by atoms with van der Waals surface area (Å²) in [4.78, 5) is 26.4. The lowest BCUT2D eigenvalue weighted by atomic mass is 10.2. The number of amides is 2. The largest absolute Gasteiger partial charge is 0.454 e. The number of nitrogens with zero attached hydrogens (tertiary/aromatic N) is 1. The molecular weight excluding hydrogens is 346 g/mol. The van der Waals surface area contributed by atoms with Gasteiger partial charge in [-0.1, -0.05) is 17.7 Å². The van der Waals surface area contributed by atoms with Gasteiger partial charge in [0.2, 0.25) is 18.6 Å². The van der Waals surface area contributed by atoms with Crippen LogP contribution in [0.1, 0.15) is 12.5 Å². The van der Waals surface area contributed by atoms with Crippen LogP contribution in [0.2, 0.25) is 0 Å². The first-order valence-corrected chi connectivity index (χ1v) is 8.69. The first-order valence-electron chi connectivity index (χ1n) is 8.69. The average Bonchev–Trinajstić information content (AvgIpc) is 3.10. The van der Waals surface area contributed by atoms with Crippen molar-refractivity contribution in [2.24, 2.45) is 0 Å². The topological polar surface area (TPSA) is 79.9 Å². The number of carbonyl (C=O) groups is 2. The highest BCUT2D eigenvalue weighted by Gasteiger charge is 2.21. The summed E-state index contributed by atoms with van der Waals surface area (Å²) in [6.07, 6.45) is 0. The van der Waals surface area contributed by atoms with Gasteiger partial charge in [-0.3, -0.25) is 14.5 Å². The van der Waals surface area contributed by atoms with Gasteiger partial charge in [-0.05, 0) is 45.2 Å². The lowest BCUT2D eigenvalue weighted by molar-refractivity contribution is -0.122. The molecule has 2 amide bonds. The SMILES string of the molecule is Cc1ccc(NC(=O)CN(C)[C@@H](C)C(=O)Nc2ccc3c(c2)OCO3)cc1. The maximum atomic E-state index is 12.5. The number of benzene rings is 2. The van der Waals surface area contributed by atoms with Crippen molar-refractivity contribution in [1.29, 1.82) is 0 Å². The summed E-state index contributed by atoms with van der Waals surface area (Å²) >= 11 is 0. The number of ether oxygens (including phenoxy) is 2. The number of likely N-dealkylation sites (N-methyl/N-ethyl adjacent to an activating group) is 1. The lowest BCUT2D eigenvalue weighted by Crippen LogP contribution is -2.43. The molecule has 0 aliphatic carbocycles. The highest BCUT2D eigenvalue weighted by Crippen LogP contribution is 2.34. The molecule has 2 N–H and O–H groups in total. The molecule has 3 rings (SSSR count). The van der Waals surface area contributed by atoms with Crippen molar-refractivity contribution in [2.75, 3.05) is 31.0 Å². The third-order valence-corrected chi connectivity index (χ3v) is 4.41. The molecular formula is C20H23N3O4. The van der Waals surface area contributed by atoms with Gasteiger partial charge in [0.15, 0.2) is 11.5 Å². The van der Waals surface area contributed by atoms with Crippen LogP contribution in [0.4, 0.5) is 11.4 Å². The predicted molar refractivity (Wildman–Crippen MR) is 103 cm³/mol. The minimum atomic E-state index is -0.487. The summed E-state index contributed by atoms with van der Waals surface area (Å²) in [5.41, 5.74) is 2.48. The zero-order valence-corrected chi connectivity index (χ0v) is 15.6. The van der Waals surface area contributed by atoms with E-state index >= 15 is 0 Å². The molecule has 1 heterocycles. The Hall–Kier alpha value is -3.06. The van der Waals surface area contributed by atoms with E-state index in [2.05, 4.69) is 10.6 Å². The summed E-state index contributed by atoms with van der Waals surface area (Å²) in [5, 5.41) is 5.66. The Morgan fingerprint density at radius 3 is 2.44 bits per heavy atom. The summed E-state index contributed by atoms with van der Waals surface area (Å²) in [6.45, 7) is 4.02. The van der Waals surface area contributed by atoms with Gasteiger partial charge >= 0.3 is 0 Å². The maximum absolute atomic E-state index is 12.5. The van der Waals surface area contributed by atoms with Gasteiger partial charge < -0.3 is 20.1 Å². The first-order chi connectivity index (χ1) is 12.9. The van der Waals surface area contributed by atoms with Crippen molar-refractivity contribution in [3.05, 3.63) is 48.0 Å². The van der Waals surface area contributed by atoms with Crippen LogP contribution in [0.25, 0.3) is 0 Å². The Balaban J connectivity index is 1.52. The van der Waals surface area contributed by atoms with Gasteiger partial charge in [0.25, 0.3) is 0 Å². The van der Waals surface area contributed by atoms with Crippen LogP contribution < -0.4 is 20.1 Å². The van der Waals surface area contributed by atoms with Gasteiger partial charge in [-0.15, -0.1) is 0 Å². The van der Waals surface area contributed by atoms with E-state index in [1.54, 1.807) is 37.1 Å². The second kappa shape index (κ2) is 8.09. The Morgan fingerprint density at radius 1 is 1.04 bits per heavy atom. The molecule has 1 aliphatic heterocycles. The third kappa shape index (κ3) is 4.77. The minimum absolute atomic E-state index is 0.101. The first kappa shape index (κ1) is 18.7. The standard InChI is InChI=1S/C20H23N3O4/c1-13-4-6-15(7-5-13)21-19(24)11-23(3)14(2)20(25)22-16-8-9-17-18(10-16)27-12-26-17/h4-10,14H,11-12H2,1-3H3,(H,21,24)(H,22,25)/t14-/m0/s1. The molecule has 0 saturated carbocycles. The minimum Gasteiger partial charge on any atom is -0.454 e. The summed E-state index contributed by atoms with van der Waals surface area (Å²) in [5.74, 6) is 0.876. The molecule has 0 fully saturated rings. The number of fused-ring (bicyclic) bond motifs is 1. The van der Waals surface area contributed by atoms with E-state index in [1.165, 1.54) is 0 Å². The van der Waals surface area contributed by atoms with Crippen molar-refractivity contribution < 1.29 is 19.1 Å². The molecule has 27 heavy (non-hydrogen) atoms. The van der Waals surface area contributed by atoms with Crippen LogP contribution in [0, 0.1) is 6.92 Å². The smallest absolute Gasteiger partial charge is 0.241 e. The van der Waals surface area contributed by atoms with E-state index in [1.807, 2.05) is 31.2 Å². The number of aryl methyl sites for hydroxylation is 1. The second-order valence-corrected chi connectivity index (χ2v) is 6.56. The van der Waals surface area contributed by atoms with Crippen LogP contribution >= 0.6 is 0 Å². The van der Waals surface area contributed by atoms with Crippen molar-refractivity contribution >= 4 is 23.2 Å². The van der Waals surface area contributed by atoms with E-state index in [4.69, 9.17) is 9.47 Å². The molecule has 0 saturated heterocycles. The normalized spacial score (nSPS) is 13.3. The molecule has 0 aromatic heterocycles. The molecule has 2 aromatic carbocycles. The predicted octanol–water partition coefficient (Wildman–Crippen LogP) is 2.62. The highest BCUT2D eigenvalue weighted by atomic mass is 16.7. The van der Waals surface area contributed by atoms with Crippen molar-refractivity contribution in [2.45, 2.75) is 19.9 Å². The fraction of sp³-hybridized carbons (Fsp3) is 0.300. The van der Waals surface area contributed by atoms with E-state index < -0.39 is 6.04 Å². The van der Waals surface area contributed by atoms with Gasteiger partial charge in [-0.25, -0.2) is 0 Å². The number of carbonyl (C=O) groups excluding carboxylic acids is 2. The molecule has 7 heteroatoms. The lowest BCUT2D eigenvalue weighted by Gasteiger charge is -2.23. The van der Waals surface area contributed by atoms with E-state index in [0.29, 0.717) is 17.2 Å². The van der Waals surface area contributed by atoms with Crippen molar-refractivity contribution in [1.82, 2.24) is 4.90 Å². The van der Waals surface area contributed by atoms with Crippen LogP contribution in [-0.2, 0) is 9.59 Å². The van der Waals surface area contributed by atoms with Crippen LogP contribution in [0.15, 0.2) is 42.5 Å². The Kier molecular flexibility index (Phi) is 5.61. The number of hydrogen-bond donors (Lipinski definition) is 2. The summed E-state index contributed by atoms with van der Waals surface area (Å²) in [6, 6.07) is 12.3.